The summed E-state index contributed by atoms with van der Waals surface area (Å²) in [7, 11) is -1.96. The van der Waals surface area contributed by atoms with Crippen molar-refractivity contribution in [2.75, 3.05) is 0 Å². The Labute approximate surface area is 278 Å². The van der Waals surface area contributed by atoms with Crippen molar-refractivity contribution in [2.24, 2.45) is 5.92 Å². The van der Waals surface area contributed by atoms with E-state index in [0.717, 1.165) is 0 Å². The van der Waals surface area contributed by atoms with Gasteiger partial charge in [0.25, 0.3) is 0 Å². The fraction of sp³-hybridized carbons (Fsp3) is 0.395. The van der Waals surface area contributed by atoms with Gasteiger partial charge in [0, 0.05) is 26.4 Å². The second-order valence-electron chi connectivity index (χ2n) is 16.6. The summed E-state index contributed by atoms with van der Waals surface area (Å²) >= 11 is 2.07. The second-order valence-corrected chi connectivity index (χ2v) is 22.7. The normalized spacial score (nSPS) is 18.2. The molecule has 2 unspecified atom stereocenters. The SMILES string of the molecule is CC1=Cc2c(-c3ccc(C(C)(C)C)cc3)cccc2C1[Si](C)(C)C1C(C(C)C)=Cc2c1sc(C)c2-c1ccc(C(C)(C)C)cc1. The number of benzene rings is 3. The van der Waals surface area contributed by atoms with Crippen molar-refractivity contribution in [3.8, 4) is 22.3 Å². The van der Waals surface area contributed by atoms with E-state index in [1.807, 2.05) is 0 Å². The Balaban J connectivity index is 1.42. The molecular formula is C43H52SSi. The number of allylic oxidation sites excluding steroid dienone is 2. The molecule has 0 nitrogen and oxygen atoms in total. The molecule has 4 aromatic rings. The van der Waals surface area contributed by atoms with E-state index in [1.54, 1.807) is 21.6 Å². The quantitative estimate of drug-likeness (QED) is 0.193. The largest absolute Gasteiger partial charge is 0.144 e. The number of aryl methyl sites for hydroxylation is 1. The molecule has 1 heterocycles. The maximum Gasteiger partial charge on any atom is 0.0732 e. The fourth-order valence-electron chi connectivity index (χ4n) is 8.21. The first kappa shape index (κ1) is 32.0. The number of thiophene rings is 1. The number of hydrogen-bond acceptors (Lipinski definition) is 1. The Bertz CT molecular complexity index is 1810. The number of fused-ring (bicyclic) bond motifs is 2. The minimum absolute atomic E-state index is 0.159. The molecule has 3 aromatic carbocycles. The molecule has 45 heavy (non-hydrogen) atoms. The highest BCUT2D eigenvalue weighted by atomic mass is 32.1. The average molecular weight is 629 g/mol. The molecule has 0 spiro atoms. The van der Waals surface area contributed by atoms with E-state index in [4.69, 9.17) is 0 Å². The average Bonchev–Trinajstić information content (AvgIpc) is 3.60. The fourth-order valence-corrected chi connectivity index (χ4v) is 15.2. The van der Waals surface area contributed by atoms with E-state index in [1.165, 1.54) is 49.4 Å². The monoisotopic (exact) mass is 628 g/mol. The van der Waals surface area contributed by atoms with Crippen LogP contribution in [0.15, 0.2) is 77.9 Å². The van der Waals surface area contributed by atoms with Gasteiger partial charge in [0.15, 0.2) is 0 Å². The van der Waals surface area contributed by atoms with E-state index < -0.39 is 8.07 Å². The third-order valence-corrected chi connectivity index (χ3v) is 16.4. The molecule has 0 aliphatic heterocycles. The molecule has 0 saturated carbocycles. The molecule has 0 amide bonds. The standard InChI is InChI=1S/C43H52SSi/c1-26(2)35-25-37-38(30-18-22-32(23-19-30)43(8,9)10)28(4)44-39(37)41(35)45(11,12)40-27(3)24-36-33(14-13-15-34(36)40)29-16-20-31(21-17-29)42(5,6)7/h13-26,40-41H,1-12H3. The van der Waals surface area contributed by atoms with Crippen molar-refractivity contribution in [1.29, 1.82) is 0 Å². The van der Waals surface area contributed by atoms with Crippen molar-refractivity contribution in [2.45, 2.75) is 104 Å². The van der Waals surface area contributed by atoms with Crippen LogP contribution in [0.3, 0.4) is 0 Å². The summed E-state index contributed by atoms with van der Waals surface area (Å²) in [5, 5.41) is 0. The summed E-state index contributed by atoms with van der Waals surface area (Å²) < 4.78 is 0. The topological polar surface area (TPSA) is 0 Å². The van der Waals surface area contributed by atoms with Crippen LogP contribution in [0.4, 0.5) is 0 Å². The molecule has 2 aliphatic carbocycles. The van der Waals surface area contributed by atoms with Gasteiger partial charge in [0.05, 0.1) is 8.07 Å². The third-order valence-electron chi connectivity index (χ3n) is 10.6. The lowest BCUT2D eigenvalue weighted by atomic mass is 9.86. The van der Waals surface area contributed by atoms with Gasteiger partial charge in [0.2, 0.25) is 0 Å². The van der Waals surface area contributed by atoms with Crippen LogP contribution >= 0.6 is 11.3 Å². The second kappa shape index (κ2) is 11.1. The van der Waals surface area contributed by atoms with Crippen molar-refractivity contribution in [1.82, 2.24) is 0 Å². The zero-order valence-electron chi connectivity index (χ0n) is 29.6. The molecule has 2 aliphatic rings. The van der Waals surface area contributed by atoms with Crippen LogP contribution in [0.5, 0.6) is 0 Å². The molecule has 234 valence electrons. The summed E-state index contributed by atoms with van der Waals surface area (Å²) in [5.41, 5.74) is 17.3. The first-order chi connectivity index (χ1) is 21.0. The van der Waals surface area contributed by atoms with Crippen molar-refractivity contribution < 1.29 is 0 Å². The van der Waals surface area contributed by atoms with E-state index in [0.29, 0.717) is 17.0 Å². The predicted octanol–water partition coefficient (Wildman–Crippen LogP) is 13.1. The lowest BCUT2D eigenvalue weighted by molar-refractivity contribution is 0.590. The Morgan fingerprint density at radius 2 is 1.22 bits per heavy atom. The minimum atomic E-state index is -1.96. The van der Waals surface area contributed by atoms with Gasteiger partial charge in [-0.2, -0.15) is 0 Å². The first-order valence-electron chi connectivity index (χ1n) is 16.9. The van der Waals surface area contributed by atoms with Gasteiger partial charge in [-0.05, 0) is 75.1 Å². The third kappa shape index (κ3) is 5.46. The van der Waals surface area contributed by atoms with Crippen LogP contribution in [-0.4, -0.2) is 8.07 Å². The van der Waals surface area contributed by atoms with E-state index in [9.17, 15) is 0 Å². The van der Waals surface area contributed by atoms with Crippen molar-refractivity contribution in [3.05, 3.63) is 115 Å². The highest BCUT2D eigenvalue weighted by Gasteiger charge is 2.49. The molecule has 0 N–H and O–H groups in total. The molecular weight excluding hydrogens is 577 g/mol. The minimum Gasteiger partial charge on any atom is -0.144 e. The van der Waals surface area contributed by atoms with Gasteiger partial charge < -0.3 is 0 Å². The highest BCUT2D eigenvalue weighted by molar-refractivity contribution is 7.13. The van der Waals surface area contributed by atoms with Crippen LogP contribution in [0.1, 0.15) is 111 Å². The Morgan fingerprint density at radius 1 is 0.667 bits per heavy atom. The molecule has 2 atom stereocenters. The predicted molar refractivity (Wildman–Crippen MR) is 203 cm³/mol. The molecule has 0 bridgehead atoms. The van der Waals surface area contributed by atoms with E-state index >= 15 is 0 Å². The lowest BCUT2D eigenvalue weighted by Crippen LogP contribution is -2.43. The van der Waals surface area contributed by atoms with Gasteiger partial charge in [-0.3, -0.25) is 0 Å². The van der Waals surface area contributed by atoms with E-state index in [-0.39, 0.29) is 10.8 Å². The van der Waals surface area contributed by atoms with Crippen LogP contribution in [0, 0.1) is 12.8 Å². The summed E-state index contributed by atoms with van der Waals surface area (Å²) in [4.78, 5) is 3.08. The maximum atomic E-state index is 2.68. The first-order valence-corrected chi connectivity index (χ1v) is 20.8. The zero-order valence-corrected chi connectivity index (χ0v) is 31.5. The van der Waals surface area contributed by atoms with Gasteiger partial charge >= 0.3 is 0 Å². The lowest BCUT2D eigenvalue weighted by Gasteiger charge is -2.40. The smallest absolute Gasteiger partial charge is 0.0732 e. The summed E-state index contributed by atoms with van der Waals surface area (Å²) in [6.45, 7) is 28.7. The molecule has 0 radical (unpaired) electrons. The summed E-state index contributed by atoms with van der Waals surface area (Å²) in [6.07, 6.45) is 5.14. The van der Waals surface area contributed by atoms with Gasteiger partial charge in [-0.25, -0.2) is 0 Å². The van der Waals surface area contributed by atoms with Crippen molar-refractivity contribution in [3.63, 3.8) is 0 Å². The molecule has 0 saturated heterocycles. The number of hydrogen-bond donors (Lipinski definition) is 0. The highest BCUT2D eigenvalue weighted by Crippen LogP contribution is 2.58. The Hall–Kier alpha value is -2.94. The van der Waals surface area contributed by atoms with Gasteiger partial charge in [-0.1, -0.05) is 159 Å². The molecule has 6 rings (SSSR count). The van der Waals surface area contributed by atoms with Gasteiger partial charge in [0.1, 0.15) is 0 Å². The van der Waals surface area contributed by atoms with Crippen LogP contribution in [0.25, 0.3) is 34.4 Å². The molecule has 0 fully saturated rings. The van der Waals surface area contributed by atoms with Crippen molar-refractivity contribution >= 4 is 31.6 Å². The van der Waals surface area contributed by atoms with E-state index in [2.05, 4.69) is 173 Å². The Morgan fingerprint density at radius 3 is 1.76 bits per heavy atom. The van der Waals surface area contributed by atoms with Crippen LogP contribution < -0.4 is 0 Å². The van der Waals surface area contributed by atoms with Gasteiger partial charge in [-0.15, -0.1) is 11.3 Å². The molecule has 2 heteroatoms. The molecule has 1 aromatic heterocycles. The van der Waals surface area contributed by atoms with Crippen LogP contribution in [-0.2, 0) is 10.8 Å². The zero-order chi connectivity index (χ0) is 32.6. The summed E-state index contributed by atoms with van der Waals surface area (Å²) in [5.74, 6) is 0.524. The summed E-state index contributed by atoms with van der Waals surface area (Å²) in [6, 6.07) is 25.8. The Kier molecular flexibility index (Phi) is 7.89. The van der Waals surface area contributed by atoms with Crippen LogP contribution in [0.2, 0.25) is 13.1 Å². The maximum absolute atomic E-state index is 2.68. The number of rotatable bonds is 5.